The number of likely N-dealkylation sites (N-methyl/N-ethyl adjacent to an activating group) is 1. The highest BCUT2D eigenvalue weighted by molar-refractivity contribution is 9.10. The molecule has 42 heavy (non-hydrogen) atoms. The van der Waals surface area contributed by atoms with Gasteiger partial charge in [-0.15, -0.1) is 0 Å². The number of methoxy groups -OCH3 is 1. The van der Waals surface area contributed by atoms with Crippen molar-refractivity contribution in [1.82, 2.24) is 14.9 Å². The fraction of sp³-hybridized carbons (Fsp3) is 0.258. The summed E-state index contributed by atoms with van der Waals surface area (Å²) in [5.41, 5.74) is 3.67. The molecule has 3 aromatic carbocycles. The van der Waals surface area contributed by atoms with E-state index in [0.29, 0.717) is 28.6 Å². The van der Waals surface area contributed by atoms with Crippen molar-refractivity contribution < 1.29 is 18.7 Å². The van der Waals surface area contributed by atoms with Crippen molar-refractivity contribution >= 4 is 44.8 Å². The maximum absolute atomic E-state index is 15.1. The monoisotopic (exact) mass is 634 g/mol. The van der Waals surface area contributed by atoms with Crippen LogP contribution >= 0.6 is 15.9 Å². The first-order valence-electron chi connectivity index (χ1n) is 13.5. The van der Waals surface area contributed by atoms with Crippen LogP contribution < -0.4 is 25.0 Å². The topological polar surface area (TPSA) is 91.9 Å². The second-order valence-electron chi connectivity index (χ2n) is 10.1. The zero-order valence-corrected chi connectivity index (χ0v) is 25.5. The number of carbonyl (C=O) groups excluding carboxylic acids is 1. The Balaban J connectivity index is 1.45. The zero-order chi connectivity index (χ0) is 29.8. The number of aryl methyl sites for hydroxylation is 2. The second kappa shape index (κ2) is 12.7. The highest BCUT2D eigenvalue weighted by Crippen LogP contribution is 2.35. The molecule has 218 valence electrons. The van der Waals surface area contributed by atoms with Crippen LogP contribution in [0.15, 0.2) is 65.3 Å². The van der Waals surface area contributed by atoms with Gasteiger partial charge < -0.3 is 29.9 Å². The number of para-hydroxylation sites is 1. The van der Waals surface area contributed by atoms with Gasteiger partial charge in [0.2, 0.25) is 11.8 Å². The lowest BCUT2D eigenvalue weighted by Gasteiger charge is -2.34. The Morgan fingerprint density at radius 1 is 1.00 bits per heavy atom. The molecule has 0 bridgehead atoms. The van der Waals surface area contributed by atoms with Gasteiger partial charge in [0.15, 0.2) is 11.5 Å². The lowest BCUT2D eigenvalue weighted by Crippen LogP contribution is -2.44. The van der Waals surface area contributed by atoms with Crippen molar-refractivity contribution in [3.05, 3.63) is 87.8 Å². The number of anilines is 4. The van der Waals surface area contributed by atoms with Crippen LogP contribution in [0.3, 0.4) is 0 Å². The number of piperazine rings is 1. The number of rotatable bonds is 8. The van der Waals surface area contributed by atoms with Gasteiger partial charge in [0, 0.05) is 48.2 Å². The number of amides is 1. The van der Waals surface area contributed by atoms with Crippen LogP contribution in [0.2, 0.25) is 0 Å². The van der Waals surface area contributed by atoms with E-state index in [2.05, 4.69) is 48.5 Å². The van der Waals surface area contributed by atoms with Crippen LogP contribution in [-0.2, 0) is 0 Å². The molecule has 2 heterocycles. The number of benzene rings is 3. The van der Waals surface area contributed by atoms with Crippen LogP contribution in [0.4, 0.5) is 27.4 Å². The fourth-order valence-electron chi connectivity index (χ4n) is 4.70. The molecule has 1 fully saturated rings. The van der Waals surface area contributed by atoms with E-state index in [1.165, 1.54) is 19.4 Å². The maximum atomic E-state index is 15.1. The third-order valence-electron chi connectivity index (χ3n) is 7.10. The van der Waals surface area contributed by atoms with Gasteiger partial charge in [-0.2, -0.15) is 4.98 Å². The minimum atomic E-state index is -0.437. The summed E-state index contributed by atoms with van der Waals surface area (Å²) in [4.78, 5) is 26.6. The number of carbonyl (C=O) groups is 1. The average molecular weight is 636 g/mol. The first kappa shape index (κ1) is 29.3. The van der Waals surface area contributed by atoms with E-state index in [1.807, 2.05) is 36.9 Å². The molecule has 1 amide bonds. The average Bonchev–Trinajstić information content (AvgIpc) is 2.97. The molecular weight excluding hydrogens is 603 g/mol. The molecule has 9 nitrogen and oxygen atoms in total. The molecule has 5 rings (SSSR count). The van der Waals surface area contributed by atoms with E-state index in [4.69, 9.17) is 9.47 Å². The SMILES string of the molecule is COc1cc(Br)ccc1Oc1nc(Nc2ccc(N3CCN(C)CC3)c(F)c2)ncc1C(=O)Nc1c(C)cccc1C. The summed E-state index contributed by atoms with van der Waals surface area (Å²) in [6.45, 7) is 7.12. The van der Waals surface area contributed by atoms with Gasteiger partial charge >= 0.3 is 0 Å². The molecule has 11 heteroatoms. The Morgan fingerprint density at radius 2 is 1.74 bits per heavy atom. The van der Waals surface area contributed by atoms with E-state index in [-0.39, 0.29) is 23.2 Å². The van der Waals surface area contributed by atoms with Crippen molar-refractivity contribution in [2.24, 2.45) is 0 Å². The van der Waals surface area contributed by atoms with Crippen molar-refractivity contribution in [1.29, 1.82) is 0 Å². The third kappa shape index (κ3) is 6.63. The first-order valence-corrected chi connectivity index (χ1v) is 14.3. The summed E-state index contributed by atoms with van der Waals surface area (Å²) in [6.07, 6.45) is 1.38. The summed E-state index contributed by atoms with van der Waals surface area (Å²) in [5, 5.41) is 6.00. The van der Waals surface area contributed by atoms with Gasteiger partial charge in [-0.1, -0.05) is 34.1 Å². The minimum absolute atomic E-state index is 0.00592. The maximum Gasteiger partial charge on any atom is 0.262 e. The summed E-state index contributed by atoms with van der Waals surface area (Å²) in [5.74, 6) is 0.162. The fourth-order valence-corrected chi connectivity index (χ4v) is 5.04. The number of halogens is 2. The molecule has 4 aromatic rings. The van der Waals surface area contributed by atoms with Gasteiger partial charge in [-0.05, 0) is 68.4 Å². The Hall–Kier alpha value is -4.22. The number of ether oxygens (including phenoxy) is 2. The van der Waals surface area contributed by atoms with Crippen LogP contribution in [-0.4, -0.2) is 61.1 Å². The predicted octanol–water partition coefficient (Wildman–Crippen LogP) is 6.54. The molecule has 0 aliphatic carbocycles. The standard InChI is InChI=1S/C31H32BrFN6O3/c1-19-6-5-7-20(2)28(19)36-29(40)23-18-34-31(37-30(23)42-26-11-8-21(32)16-27(26)41-4)35-22-9-10-25(24(33)17-22)39-14-12-38(3)13-15-39/h5-11,16-18H,12-15H2,1-4H3,(H,36,40)(H,34,35,37). The Labute approximate surface area is 252 Å². The molecule has 1 aliphatic rings. The molecule has 0 saturated carbocycles. The second-order valence-corrected chi connectivity index (χ2v) is 11.0. The number of aromatic nitrogens is 2. The minimum Gasteiger partial charge on any atom is -0.493 e. The Morgan fingerprint density at radius 3 is 2.43 bits per heavy atom. The van der Waals surface area contributed by atoms with E-state index in [1.54, 1.807) is 30.3 Å². The quantitative estimate of drug-likeness (QED) is 0.226. The van der Waals surface area contributed by atoms with E-state index < -0.39 is 5.91 Å². The van der Waals surface area contributed by atoms with E-state index in [0.717, 1.165) is 41.8 Å². The van der Waals surface area contributed by atoms with Gasteiger partial charge in [-0.25, -0.2) is 9.37 Å². The first-order chi connectivity index (χ1) is 20.2. The molecule has 0 unspecified atom stereocenters. The van der Waals surface area contributed by atoms with E-state index >= 15 is 4.39 Å². The summed E-state index contributed by atoms with van der Waals surface area (Å²) in [7, 11) is 3.58. The lowest BCUT2D eigenvalue weighted by molar-refractivity contribution is 0.102. The molecule has 0 atom stereocenters. The smallest absolute Gasteiger partial charge is 0.262 e. The summed E-state index contributed by atoms with van der Waals surface area (Å²) in [6, 6.07) is 16.0. The molecular formula is C31H32BrFN6O3. The summed E-state index contributed by atoms with van der Waals surface area (Å²) >= 11 is 3.43. The number of hydrogen-bond acceptors (Lipinski definition) is 8. The predicted molar refractivity (Wildman–Crippen MR) is 166 cm³/mol. The van der Waals surface area contributed by atoms with Crippen LogP contribution in [0.5, 0.6) is 17.4 Å². The third-order valence-corrected chi connectivity index (χ3v) is 7.59. The highest BCUT2D eigenvalue weighted by atomic mass is 79.9. The molecule has 0 spiro atoms. The number of hydrogen-bond donors (Lipinski definition) is 2. The van der Waals surface area contributed by atoms with Crippen LogP contribution in [0.1, 0.15) is 21.5 Å². The van der Waals surface area contributed by atoms with Crippen molar-refractivity contribution in [3.8, 4) is 17.4 Å². The molecule has 1 aromatic heterocycles. The molecule has 1 aliphatic heterocycles. The molecule has 0 radical (unpaired) electrons. The van der Waals surface area contributed by atoms with Crippen molar-refractivity contribution in [3.63, 3.8) is 0 Å². The number of nitrogens with zero attached hydrogens (tertiary/aromatic N) is 4. The molecule has 1 saturated heterocycles. The van der Waals surface area contributed by atoms with Crippen molar-refractivity contribution in [2.45, 2.75) is 13.8 Å². The Kier molecular flexibility index (Phi) is 8.89. The highest BCUT2D eigenvalue weighted by Gasteiger charge is 2.21. The van der Waals surface area contributed by atoms with Gasteiger partial charge in [0.25, 0.3) is 5.91 Å². The van der Waals surface area contributed by atoms with Gasteiger partial charge in [-0.3, -0.25) is 4.79 Å². The van der Waals surface area contributed by atoms with E-state index in [9.17, 15) is 4.79 Å². The van der Waals surface area contributed by atoms with Crippen LogP contribution in [0, 0.1) is 19.7 Å². The largest absolute Gasteiger partial charge is 0.493 e. The van der Waals surface area contributed by atoms with Crippen molar-refractivity contribution in [2.75, 3.05) is 55.9 Å². The molecule has 2 N–H and O–H groups in total. The Bertz CT molecular complexity index is 1590. The number of nitrogens with one attached hydrogen (secondary N) is 2. The van der Waals surface area contributed by atoms with Gasteiger partial charge in [0.1, 0.15) is 11.4 Å². The van der Waals surface area contributed by atoms with Crippen LogP contribution in [0.25, 0.3) is 0 Å². The normalized spacial score (nSPS) is 13.5. The lowest BCUT2D eigenvalue weighted by atomic mass is 10.1. The summed E-state index contributed by atoms with van der Waals surface area (Å²) < 4.78 is 27.5. The van der Waals surface area contributed by atoms with Gasteiger partial charge in [0.05, 0.1) is 12.8 Å². The zero-order valence-electron chi connectivity index (χ0n) is 23.9.